The summed E-state index contributed by atoms with van der Waals surface area (Å²) in [5.41, 5.74) is 5.74. The summed E-state index contributed by atoms with van der Waals surface area (Å²) in [6.45, 7) is 0.879. The predicted octanol–water partition coefficient (Wildman–Crippen LogP) is 2.00. The van der Waals surface area contributed by atoms with Gasteiger partial charge < -0.3 is 16.0 Å². The zero-order valence-electron chi connectivity index (χ0n) is 12.5. The minimum atomic E-state index is 0.257. The lowest BCUT2D eigenvalue weighted by atomic mass is 9.88. The van der Waals surface area contributed by atoms with Gasteiger partial charge >= 0.3 is 0 Å². The van der Waals surface area contributed by atoms with Crippen molar-refractivity contribution in [2.75, 3.05) is 42.8 Å². The first kappa shape index (κ1) is 15.2. The maximum absolute atomic E-state index is 5.74. The Labute approximate surface area is 125 Å². The number of thioether (sulfide) groups is 1. The van der Waals surface area contributed by atoms with E-state index in [9.17, 15) is 0 Å². The number of anilines is 3. The first-order chi connectivity index (χ1) is 9.54. The van der Waals surface area contributed by atoms with Crippen LogP contribution in [0.25, 0.3) is 0 Å². The quantitative estimate of drug-likeness (QED) is 0.860. The average Bonchev–Trinajstić information content (AvgIpc) is 2.45. The molecule has 1 saturated carbocycles. The Morgan fingerprint density at radius 3 is 2.50 bits per heavy atom. The number of hydrogen-bond donors (Lipinski definition) is 2. The van der Waals surface area contributed by atoms with Gasteiger partial charge in [0.05, 0.1) is 0 Å². The van der Waals surface area contributed by atoms with Gasteiger partial charge in [0, 0.05) is 25.4 Å². The average molecular weight is 296 g/mol. The summed E-state index contributed by atoms with van der Waals surface area (Å²) in [5, 5.41) is 3.35. The molecule has 112 valence electrons. The van der Waals surface area contributed by atoms with Crippen LogP contribution in [0.1, 0.15) is 32.1 Å². The van der Waals surface area contributed by atoms with E-state index in [1.54, 1.807) is 0 Å². The standard InChI is InChI=1S/C13H24N6S/c1-19(2)12-17-10(14)16-11(18-12)15-9-13(20-3)7-5-4-6-8-13/h4-9H2,1-3H3,(H3,14,15,16,17,18). The van der Waals surface area contributed by atoms with E-state index in [1.807, 2.05) is 30.8 Å². The summed E-state index contributed by atoms with van der Waals surface area (Å²) in [6, 6.07) is 0. The number of nitrogens with one attached hydrogen (secondary N) is 1. The molecule has 6 nitrogen and oxygen atoms in total. The van der Waals surface area contributed by atoms with Crippen molar-refractivity contribution in [2.24, 2.45) is 0 Å². The molecule has 1 aromatic heterocycles. The van der Waals surface area contributed by atoms with E-state index in [4.69, 9.17) is 5.73 Å². The molecule has 0 bridgehead atoms. The lowest BCUT2D eigenvalue weighted by Gasteiger charge is -2.35. The third kappa shape index (κ3) is 3.65. The topological polar surface area (TPSA) is 80.0 Å². The van der Waals surface area contributed by atoms with Gasteiger partial charge in [0.25, 0.3) is 0 Å². The molecule has 2 rings (SSSR count). The highest BCUT2D eigenvalue weighted by Gasteiger charge is 2.31. The Balaban J connectivity index is 2.06. The fourth-order valence-electron chi connectivity index (χ4n) is 2.55. The second-order valence-corrected chi connectivity index (χ2v) is 6.79. The Hall–Kier alpha value is -1.24. The van der Waals surface area contributed by atoms with Crippen LogP contribution in [0.2, 0.25) is 0 Å². The van der Waals surface area contributed by atoms with Crippen LogP contribution in [0.4, 0.5) is 17.8 Å². The van der Waals surface area contributed by atoms with Crippen LogP contribution < -0.4 is 16.0 Å². The molecule has 1 aliphatic rings. The number of nitrogen functional groups attached to an aromatic ring is 1. The largest absolute Gasteiger partial charge is 0.368 e. The lowest BCUT2D eigenvalue weighted by Crippen LogP contribution is -2.36. The van der Waals surface area contributed by atoms with Crippen LogP contribution in [0, 0.1) is 0 Å². The second-order valence-electron chi connectivity index (χ2n) is 5.51. The van der Waals surface area contributed by atoms with Gasteiger partial charge in [0.2, 0.25) is 17.8 Å². The molecule has 7 heteroatoms. The number of hydrogen-bond acceptors (Lipinski definition) is 7. The first-order valence-electron chi connectivity index (χ1n) is 7.02. The molecule has 1 fully saturated rings. The van der Waals surface area contributed by atoms with Crippen LogP contribution >= 0.6 is 11.8 Å². The van der Waals surface area contributed by atoms with Gasteiger partial charge in [-0.25, -0.2) is 0 Å². The van der Waals surface area contributed by atoms with Crippen molar-refractivity contribution < 1.29 is 0 Å². The van der Waals surface area contributed by atoms with E-state index < -0.39 is 0 Å². The van der Waals surface area contributed by atoms with E-state index in [2.05, 4.69) is 26.5 Å². The third-order valence-electron chi connectivity index (χ3n) is 3.81. The van der Waals surface area contributed by atoms with Crippen molar-refractivity contribution >= 4 is 29.6 Å². The van der Waals surface area contributed by atoms with Gasteiger partial charge in [0.1, 0.15) is 0 Å². The zero-order chi connectivity index (χ0) is 14.6. The molecule has 1 heterocycles. The zero-order valence-corrected chi connectivity index (χ0v) is 13.3. The summed E-state index contributed by atoms with van der Waals surface area (Å²) < 4.78 is 0.303. The van der Waals surface area contributed by atoms with Gasteiger partial charge in [-0.15, -0.1) is 0 Å². The Bertz CT molecular complexity index is 444. The Morgan fingerprint density at radius 1 is 1.20 bits per heavy atom. The van der Waals surface area contributed by atoms with Gasteiger partial charge in [-0.2, -0.15) is 26.7 Å². The summed E-state index contributed by atoms with van der Waals surface area (Å²) in [6.07, 6.45) is 8.67. The molecular weight excluding hydrogens is 272 g/mol. The van der Waals surface area contributed by atoms with Crippen LogP contribution in [0.5, 0.6) is 0 Å². The van der Waals surface area contributed by atoms with Gasteiger partial charge in [0.15, 0.2) is 0 Å². The first-order valence-corrected chi connectivity index (χ1v) is 8.25. The number of nitrogens with two attached hydrogens (primary N) is 1. The molecule has 0 spiro atoms. The molecule has 0 aliphatic heterocycles. The molecule has 0 radical (unpaired) electrons. The highest BCUT2D eigenvalue weighted by atomic mass is 32.2. The Kier molecular flexibility index (Phi) is 4.91. The molecule has 3 N–H and O–H groups in total. The second kappa shape index (κ2) is 6.47. The van der Waals surface area contributed by atoms with Crippen molar-refractivity contribution in [3.05, 3.63) is 0 Å². The van der Waals surface area contributed by atoms with Gasteiger partial charge in [-0.05, 0) is 19.1 Å². The van der Waals surface area contributed by atoms with E-state index in [0.29, 0.717) is 16.6 Å². The fraction of sp³-hybridized carbons (Fsp3) is 0.769. The van der Waals surface area contributed by atoms with E-state index in [0.717, 1.165) is 6.54 Å². The SMILES string of the molecule is CSC1(CNc2nc(N)nc(N(C)C)n2)CCCCC1. The monoisotopic (exact) mass is 296 g/mol. The summed E-state index contributed by atoms with van der Waals surface area (Å²) in [7, 11) is 3.78. The molecule has 1 aliphatic carbocycles. The number of nitrogens with zero attached hydrogens (tertiary/aromatic N) is 4. The van der Waals surface area contributed by atoms with Crippen molar-refractivity contribution in [1.29, 1.82) is 0 Å². The predicted molar refractivity (Wildman–Crippen MR) is 86.4 cm³/mol. The lowest BCUT2D eigenvalue weighted by molar-refractivity contribution is 0.411. The molecule has 1 aromatic rings. The molecular formula is C13H24N6S. The molecule has 0 unspecified atom stereocenters. The van der Waals surface area contributed by atoms with Crippen LogP contribution in [0.15, 0.2) is 0 Å². The van der Waals surface area contributed by atoms with Crippen LogP contribution in [0.3, 0.4) is 0 Å². The third-order valence-corrected chi connectivity index (χ3v) is 5.23. The maximum atomic E-state index is 5.74. The van der Waals surface area contributed by atoms with Gasteiger partial charge in [-0.1, -0.05) is 19.3 Å². The minimum Gasteiger partial charge on any atom is -0.368 e. The van der Waals surface area contributed by atoms with Crippen molar-refractivity contribution in [3.63, 3.8) is 0 Å². The van der Waals surface area contributed by atoms with Crippen molar-refractivity contribution in [2.45, 2.75) is 36.9 Å². The molecule has 0 aromatic carbocycles. The number of aromatic nitrogens is 3. The maximum Gasteiger partial charge on any atom is 0.231 e. The summed E-state index contributed by atoms with van der Waals surface area (Å²) in [4.78, 5) is 14.5. The van der Waals surface area contributed by atoms with Crippen LogP contribution in [-0.2, 0) is 0 Å². The fourth-order valence-corrected chi connectivity index (χ4v) is 3.46. The van der Waals surface area contributed by atoms with Gasteiger partial charge in [-0.3, -0.25) is 0 Å². The van der Waals surface area contributed by atoms with Crippen LogP contribution in [-0.4, -0.2) is 46.6 Å². The van der Waals surface area contributed by atoms with E-state index in [1.165, 1.54) is 32.1 Å². The normalized spacial score (nSPS) is 17.8. The highest BCUT2D eigenvalue weighted by Crippen LogP contribution is 2.38. The minimum absolute atomic E-state index is 0.257. The molecule has 20 heavy (non-hydrogen) atoms. The highest BCUT2D eigenvalue weighted by molar-refractivity contribution is 8.00. The summed E-state index contributed by atoms with van der Waals surface area (Å²) >= 11 is 1.95. The van der Waals surface area contributed by atoms with Crippen molar-refractivity contribution in [1.82, 2.24) is 15.0 Å². The van der Waals surface area contributed by atoms with E-state index >= 15 is 0 Å². The number of rotatable bonds is 5. The molecule has 0 saturated heterocycles. The molecule has 0 atom stereocenters. The van der Waals surface area contributed by atoms with E-state index in [-0.39, 0.29) is 5.95 Å². The Morgan fingerprint density at radius 2 is 1.90 bits per heavy atom. The summed E-state index contributed by atoms with van der Waals surface area (Å²) in [5.74, 6) is 1.41. The molecule has 0 amide bonds. The smallest absolute Gasteiger partial charge is 0.231 e. The van der Waals surface area contributed by atoms with Crippen molar-refractivity contribution in [3.8, 4) is 0 Å².